The number of benzene rings is 2. The second-order valence-electron chi connectivity index (χ2n) is 6.59. The Kier molecular flexibility index (Phi) is 6.26. The molecule has 1 unspecified atom stereocenters. The fourth-order valence-corrected chi connectivity index (χ4v) is 3.18. The quantitative estimate of drug-likeness (QED) is 0.825. The molecule has 0 aliphatic carbocycles. The number of likely N-dealkylation sites (tertiary alicyclic amines) is 1. The topological polar surface area (TPSA) is 58.6 Å². The standard InChI is InChI=1S/C22H24N2O3/c1-27-20-11-5-7-17(15-20)12-13-21(25)24-14-6-8-18(16-24)22(26)23-19-9-3-2-4-10-19/h2-5,7,9-13,15,18H,6,8,14,16H2,1H3,(H,23,26). The third-order valence-electron chi connectivity index (χ3n) is 4.66. The zero-order valence-corrected chi connectivity index (χ0v) is 15.4. The molecular formula is C22H24N2O3. The van der Waals surface area contributed by atoms with Gasteiger partial charge in [0.15, 0.2) is 0 Å². The van der Waals surface area contributed by atoms with Crippen molar-refractivity contribution < 1.29 is 14.3 Å². The van der Waals surface area contributed by atoms with E-state index < -0.39 is 0 Å². The number of piperidine rings is 1. The lowest BCUT2D eigenvalue weighted by Crippen LogP contribution is -2.43. The van der Waals surface area contributed by atoms with Crippen molar-refractivity contribution in [3.63, 3.8) is 0 Å². The minimum absolute atomic E-state index is 0.0320. The molecule has 1 N–H and O–H groups in total. The van der Waals surface area contributed by atoms with Gasteiger partial charge in [0.25, 0.3) is 0 Å². The average Bonchev–Trinajstić information content (AvgIpc) is 2.73. The molecule has 1 fully saturated rings. The molecule has 2 aromatic carbocycles. The van der Waals surface area contributed by atoms with Crippen LogP contribution in [0.15, 0.2) is 60.7 Å². The molecule has 0 aromatic heterocycles. The van der Waals surface area contributed by atoms with Crippen LogP contribution < -0.4 is 10.1 Å². The van der Waals surface area contributed by atoms with Gasteiger partial charge >= 0.3 is 0 Å². The first-order valence-electron chi connectivity index (χ1n) is 9.12. The molecule has 1 aliphatic heterocycles. The highest BCUT2D eigenvalue weighted by molar-refractivity contribution is 5.95. The minimum atomic E-state index is -0.187. The normalized spacial score (nSPS) is 16.9. The van der Waals surface area contributed by atoms with Crippen LogP contribution in [0, 0.1) is 5.92 Å². The first kappa shape index (κ1) is 18.7. The highest BCUT2D eigenvalue weighted by Gasteiger charge is 2.27. The third kappa shape index (κ3) is 5.20. The van der Waals surface area contributed by atoms with Crippen LogP contribution in [0.4, 0.5) is 5.69 Å². The van der Waals surface area contributed by atoms with E-state index in [9.17, 15) is 9.59 Å². The molecule has 0 bridgehead atoms. The SMILES string of the molecule is COc1cccc(C=CC(=O)N2CCCC(C(=O)Nc3ccccc3)C2)c1. The van der Waals surface area contributed by atoms with Crippen molar-refractivity contribution in [2.24, 2.45) is 5.92 Å². The van der Waals surface area contributed by atoms with Crippen LogP contribution >= 0.6 is 0 Å². The van der Waals surface area contributed by atoms with E-state index in [1.807, 2.05) is 54.6 Å². The molecule has 0 spiro atoms. The van der Waals surface area contributed by atoms with Crippen molar-refractivity contribution in [2.45, 2.75) is 12.8 Å². The number of hydrogen-bond donors (Lipinski definition) is 1. The van der Waals surface area contributed by atoms with Crippen molar-refractivity contribution in [3.05, 3.63) is 66.2 Å². The summed E-state index contributed by atoms with van der Waals surface area (Å²) in [5.41, 5.74) is 1.68. The number of anilines is 1. The number of carbonyl (C=O) groups excluding carboxylic acids is 2. The van der Waals surface area contributed by atoms with Crippen molar-refractivity contribution in [1.82, 2.24) is 4.90 Å². The average molecular weight is 364 g/mol. The van der Waals surface area contributed by atoms with Gasteiger partial charge in [-0.1, -0.05) is 30.3 Å². The number of para-hydroxylation sites is 1. The number of ether oxygens (including phenoxy) is 1. The largest absolute Gasteiger partial charge is 0.497 e. The van der Waals surface area contributed by atoms with Gasteiger partial charge in [-0.25, -0.2) is 0 Å². The molecule has 27 heavy (non-hydrogen) atoms. The van der Waals surface area contributed by atoms with Crippen LogP contribution in [-0.4, -0.2) is 36.9 Å². The summed E-state index contributed by atoms with van der Waals surface area (Å²) in [5.74, 6) is 0.457. The van der Waals surface area contributed by atoms with E-state index in [1.54, 1.807) is 24.2 Å². The molecule has 1 saturated heterocycles. The maximum Gasteiger partial charge on any atom is 0.246 e. The summed E-state index contributed by atoms with van der Waals surface area (Å²) in [6.45, 7) is 1.12. The Hall–Kier alpha value is -3.08. The molecule has 1 atom stereocenters. The van der Waals surface area contributed by atoms with Crippen LogP contribution in [0.5, 0.6) is 5.75 Å². The highest BCUT2D eigenvalue weighted by atomic mass is 16.5. The van der Waals surface area contributed by atoms with Gasteiger partial charge in [-0.05, 0) is 48.7 Å². The molecule has 1 aliphatic rings. The second-order valence-corrected chi connectivity index (χ2v) is 6.59. The van der Waals surface area contributed by atoms with E-state index in [0.29, 0.717) is 13.1 Å². The third-order valence-corrected chi connectivity index (χ3v) is 4.66. The Labute approximate surface area is 159 Å². The monoisotopic (exact) mass is 364 g/mol. The van der Waals surface area contributed by atoms with E-state index in [4.69, 9.17) is 4.74 Å². The summed E-state index contributed by atoms with van der Waals surface area (Å²) < 4.78 is 5.19. The summed E-state index contributed by atoms with van der Waals surface area (Å²) in [7, 11) is 1.61. The molecule has 0 saturated carbocycles. The molecule has 5 heteroatoms. The van der Waals surface area contributed by atoms with Gasteiger partial charge in [0, 0.05) is 24.9 Å². The lowest BCUT2D eigenvalue weighted by atomic mass is 9.97. The molecule has 3 rings (SSSR count). The summed E-state index contributed by atoms with van der Waals surface area (Å²) in [5, 5.41) is 2.93. The lowest BCUT2D eigenvalue weighted by Gasteiger charge is -2.31. The van der Waals surface area contributed by atoms with Gasteiger partial charge in [0.05, 0.1) is 13.0 Å². The molecule has 5 nitrogen and oxygen atoms in total. The van der Waals surface area contributed by atoms with Crippen LogP contribution in [0.3, 0.4) is 0 Å². The molecule has 2 aromatic rings. The molecule has 140 valence electrons. The Morgan fingerprint density at radius 1 is 1.15 bits per heavy atom. The van der Waals surface area contributed by atoms with Crippen molar-refractivity contribution in [1.29, 1.82) is 0 Å². The number of rotatable bonds is 5. The number of nitrogens with one attached hydrogen (secondary N) is 1. The van der Waals surface area contributed by atoms with E-state index in [0.717, 1.165) is 29.8 Å². The summed E-state index contributed by atoms with van der Waals surface area (Å²) in [4.78, 5) is 26.8. The van der Waals surface area contributed by atoms with Crippen molar-refractivity contribution in [3.8, 4) is 5.75 Å². The van der Waals surface area contributed by atoms with Crippen LogP contribution in [0.1, 0.15) is 18.4 Å². The summed E-state index contributed by atoms with van der Waals surface area (Å²) >= 11 is 0. The van der Waals surface area contributed by atoms with Gasteiger partial charge in [-0.2, -0.15) is 0 Å². The number of carbonyl (C=O) groups is 2. The van der Waals surface area contributed by atoms with Crippen LogP contribution in [-0.2, 0) is 9.59 Å². The zero-order chi connectivity index (χ0) is 19.1. The lowest BCUT2D eigenvalue weighted by molar-refractivity contribution is -0.130. The van der Waals surface area contributed by atoms with Gasteiger partial charge in [-0.15, -0.1) is 0 Å². The minimum Gasteiger partial charge on any atom is -0.497 e. The van der Waals surface area contributed by atoms with E-state index >= 15 is 0 Å². The maximum absolute atomic E-state index is 12.5. The molecule has 2 amide bonds. The van der Waals surface area contributed by atoms with Gasteiger partial charge < -0.3 is 15.0 Å². The fraction of sp³-hybridized carbons (Fsp3) is 0.273. The fourth-order valence-electron chi connectivity index (χ4n) is 3.18. The molecular weight excluding hydrogens is 340 g/mol. The van der Waals surface area contributed by atoms with Crippen LogP contribution in [0.25, 0.3) is 6.08 Å². The van der Waals surface area contributed by atoms with E-state index in [1.165, 1.54) is 0 Å². The predicted molar refractivity (Wildman–Crippen MR) is 106 cm³/mol. The Morgan fingerprint density at radius 2 is 1.96 bits per heavy atom. The Morgan fingerprint density at radius 3 is 2.74 bits per heavy atom. The van der Waals surface area contributed by atoms with Crippen molar-refractivity contribution >= 4 is 23.6 Å². The van der Waals surface area contributed by atoms with Crippen molar-refractivity contribution in [2.75, 3.05) is 25.5 Å². The summed E-state index contributed by atoms with van der Waals surface area (Å²) in [6.07, 6.45) is 4.96. The van der Waals surface area contributed by atoms with E-state index in [2.05, 4.69) is 5.32 Å². The second kappa shape index (κ2) is 9.03. The Bertz CT molecular complexity index is 817. The zero-order valence-electron chi connectivity index (χ0n) is 15.4. The first-order valence-corrected chi connectivity index (χ1v) is 9.12. The van der Waals surface area contributed by atoms with Gasteiger partial charge in [0.1, 0.15) is 5.75 Å². The first-order chi connectivity index (χ1) is 13.2. The molecule has 1 heterocycles. The summed E-state index contributed by atoms with van der Waals surface area (Å²) in [6, 6.07) is 16.9. The number of methoxy groups -OCH3 is 1. The Balaban J connectivity index is 1.59. The van der Waals surface area contributed by atoms with E-state index in [-0.39, 0.29) is 17.7 Å². The smallest absolute Gasteiger partial charge is 0.246 e. The number of hydrogen-bond acceptors (Lipinski definition) is 3. The molecule has 0 radical (unpaired) electrons. The van der Waals surface area contributed by atoms with Crippen LogP contribution in [0.2, 0.25) is 0 Å². The van der Waals surface area contributed by atoms with Gasteiger partial charge in [0.2, 0.25) is 11.8 Å². The maximum atomic E-state index is 12.5. The number of nitrogens with zero attached hydrogens (tertiary/aromatic N) is 1. The number of amides is 2. The predicted octanol–water partition coefficient (Wildman–Crippen LogP) is 3.59. The highest BCUT2D eigenvalue weighted by Crippen LogP contribution is 2.20. The van der Waals surface area contributed by atoms with Gasteiger partial charge in [-0.3, -0.25) is 9.59 Å².